The molecule has 5 heteroatoms. The Morgan fingerprint density at radius 1 is 1.56 bits per heavy atom. The van der Waals surface area contributed by atoms with E-state index < -0.39 is 5.54 Å². The third-order valence-electron chi connectivity index (χ3n) is 3.01. The molecule has 3 N–H and O–H groups in total. The monoisotopic (exact) mass is 289 g/mol. The highest BCUT2D eigenvalue weighted by molar-refractivity contribution is 9.10. The summed E-state index contributed by atoms with van der Waals surface area (Å²) in [5.41, 5.74) is 6.04. The van der Waals surface area contributed by atoms with Crippen molar-refractivity contribution in [2.24, 2.45) is 11.7 Å². The molecule has 1 aromatic rings. The van der Waals surface area contributed by atoms with Crippen molar-refractivity contribution in [3.8, 4) is 0 Å². The second-order valence-electron chi connectivity index (χ2n) is 4.09. The maximum atomic E-state index is 13.3. The SMILES string of the molecule is NC1(c2cc(F)cc(Br)c2)COCC1CO. The van der Waals surface area contributed by atoms with Gasteiger partial charge in [-0.05, 0) is 23.8 Å². The normalized spacial score (nSPS) is 29.6. The summed E-state index contributed by atoms with van der Waals surface area (Å²) in [7, 11) is 0. The molecule has 1 aliphatic heterocycles. The number of benzene rings is 1. The molecular formula is C11H13BrFNO2. The molecule has 16 heavy (non-hydrogen) atoms. The molecule has 0 amide bonds. The van der Waals surface area contributed by atoms with E-state index in [1.165, 1.54) is 12.1 Å². The minimum absolute atomic E-state index is 0.0648. The van der Waals surface area contributed by atoms with Crippen molar-refractivity contribution >= 4 is 15.9 Å². The van der Waals surface area contributed by atoms with Crippen LogP contribution < -0.4 is 5.73 Å². The Balaban J connectivity index is 2.41. The van der Waals surface area contributed by atoms with Crippen LogP contribution in [-0.4, -0.2) is 24.9 Å². The maximum Gasteiger partial charge on any atom is 0.124 e. The summed E-state index contributed by atoms with van der Waals surface area (Å²) >= 11 is 3.23. The second-order valence-corrected chi connectivity index (χ2v) is 5.01. The highest BCUT2D eigenvalue weighted by Crippen LogP contribution is 2.34. The quantitative estimate of drug-likeness (QED) is 0.865. The summed E-state index contributed by atoms with van der Waals surface area (Å²) in [5, 5.41) is 9.24. The lowest BCUT2D eigenvalue weighted by Crippen LogP contribution is -2.45. The fourth-order valence-corrected chi connectivity index (χ4v) is 2.46. The molecule has 0 bridgehead atoms. The van der Waals surface area contributed by atoms with Crippen molar-refractivity contribution in [1.82, 2.24) is 0 Å². The molecule has 1 saturated heterocycles. The number of aliphatic hydroxyl groups excluding tert-OH is 1. The minimum atomic E-state index is -0.806. The Morgan fingerprint density at radius 2 is 2.31 bits per heavy atom. The molecule has 1 fully saturated rings. The van der Waals surface area contributed by atoms with Crippen LogP contribution in [0.4, 0.5) is 4.39 Å². The first kappa shape index (κ1) is 12.0. The summed E-state index contributed by atoms with van der Waals surface area (Å²) in [6.45, 7) is 0.639. The van der Waals surface area contributed by atoms with E-state index in [0.29, 0.717) is 23.2 Å². The zero-order chi connectivity index (χ0) is 11.8. The Bertz CT molecular complexity index is 381. The molecule has 2 unspecified atom stereocenters. The molecule has 3 nitrogen and oxygen atoms in total. The van der Waals surface area contributed by atoms with Crippen LogP contribution in [0.5, 0.6) is 0 Å². The molecular weight excluding hydrogens is 277 g/mol. The van der Waals surface area contributed by atoms with Gasteiger partial charge in [0.25, 0.3) is 0 Å². The van der Waals surface area contributed by atoms with E-state index in [4.69, 9.17) is 10.5 Å². The maximum absolute atomic E-state index is 13.3. The highest BCUT2D eigenvalue weighted by atomic mass is 79.9. The van der Waals surface area contributed by atoms with Gasteiger partial charge in [-0.25, -0.2) is 4.39 Å². The van der Waals surface area contributed by atoms with Crippen LogP contribution in [0.2, 0.25) is 0 Å². The zero-order valence-electron chi connectivity index (χ0n) is 8.62. The topological polar surface area (TPSA) is 55.5 Å². The molecule has 0 radical (unpaired) electrons. The van der Waals surface area contributed by atoms with Crippen molar-refractivity contribution in [2.75, 3.05) is 19.8 Å². The van der Waals surface area contributed by atoms with Gasteiger partial charge in [-0.1, -0.05) is 15.9 Å². The van der Waals surface area contributed by atoms with Crippen LogP contribution in [0.1, 0.15) is 5.56 Å². The number of rotatable bonds is 2. The van der Waals surface area contributed by atoms with Gasteiger partial charge in [0.2, 0.25) is 0 Å². The molecule has 1 heterocycles. The van der Waals surface area contributed by atoms with Crippen LogP contribution in [-0.2, 0) is 10.3 Å². The molecule has 0 aromatic heterocycles. The van der Waals surface area contributed by atoms with E-state index in [9.17, 15) is 9.50 Å². The summed E-state index contributed by atoms with van der Waals surface area (Å²) in [6, 6.07) is 4.53. The van der Waals surface area contributed by atoms with E-state index >= 15 is 0 Å². The number of hydrogen-bond acceptors (Lipinski definition) is 3. The summed E-state index contributed by atoms with van der Waals surface area (Å²) < 4.78 is 19.2. The van der Waals surface area contributed by atoms with Gasteiger partial charge in [-0.2, -0.15) is 0 Å². The number of ether oxygens (including phenoxy) is 1. The smallest absolute Gasteiger partial charge is 0.124 e. The predicted octanol–water partition coefficient (Wildman–Crippen LogP) is 1.38. The fourth-order valence-electron chi connectivity index (χ4n) is 1.99. The van der Waals surface area contributed by atoms with Crippen LogP contribution in [0, 0.1) is 11.7 Å². The third kappa shape index (κ3) is 2.00. The van der Waals surface area contributed by atoms with Gasteiger partial charge in [0, 0.05) is 10.4 Å². The van der Waals surface area contributed by atoms with Gasteiger partial charge in [-0.3, -0.25) is 0 Å². The van der Waals surface area contributed by atoms with Gasteiger partial charge in [0.1, 0.15) is 5.82 Å². The standard InChI is InChI=1S/C11H13BrFNO2/c12-9-1-7(2-10(13)3-9)11(14)6-16-5-8(11)4-15/h1-3,8,15H,4-6,14H2. The Morgan fingerprint density at radius 3 is 2.94 bits per heavy atom. The van der Waals surface area contributed by atoms with Gasteiger partial charge >= 0.3 is 0 Å². The lowest BCUT2D eigenvalue weighted by Gasteiger charge is -2.29. The second kappa shape index (κ2) is 4.41. The number of hydrogen-bond donors (Lipinski definition) is 2. The van der Waals surface area contributed by atoms with E-state index in [-0.39, 0.29) is 18.3 Å². The van der Waals surface area contributed by atoms with Crippen LogP contribution in [0.25, 0.3) is 0 Å². The minimum Gasteiger partial charge on any atom is -0.396 e. The van der Waals surface area contributed by atoms with Crippen LogP contribution in [0.15, 0.2) is 22.7 Å². The molecule has 0 spiro atoms. The van der Waals surface area contributed by atoms with Crippen molar-refractivity contribution in [2.45, 2.75) is 5.54 Å². The third-order valence-corrected chi connectivity index (χ3v) is 3.47. The first-order valence-electron chi connectivity index (χ1n) is 5.00. The molecule has 2 rings (SSSR count). The number of nitrogens with two attached hydrogens (primary N) is 1. The number of aliphatic hydroxyl groups is 1. The molecule has 2 atom stereocenters. The Labute approximate surface area is 102 Å². The Kier molecular flexibility index (Phi) is 3.30. The van der Waals surface area contributed by atoms with Gasteiger partial charge in [0.05, 0.1) is 25.4 Å². The number of halogens is 2. The van der Waals surface area contributed by atoms with E-state index in [1.54, 1.807) is 6.07 Å². The molecule has 1 aliphatic rings. The molecule has 0 saturated carbocycles. The van der Waals surface area contributed by atoms with E-state index in [2.05, 4.69) is 15.9 Å². The fraction of sp³-hybridized carbons (Fsp3) is 0.455. The van der Waals surface area contributed by atoms with Crippen LogP contribution in [0.3, 0.4) is 0 Å². The molecule has 88 valence electrons. The van der Waals surface area contributed by atoms with Crippen molar-refractivity contribution in [1.29, 1.82) is 0 Å². The lowest BCUT2D eigenvalue weighted by molar-refractivity contribution is 0.160. The molecule has 0 aliphatic carbocycles. The van der Waals surface area contributed by atoms with Crippen molar-refractivity contribution in [3.05, 3.63) is 34.1 Å². The lowest BCUT2D eigenvalue weighted by atomic mass is 9.82. The van der Waals surface area contributed by atoms with Crippen molar-refractivity contribution < 1.29 is 14.2 Å². The largest absolute Gasteiger partial charge is 0.396 e. The van der Waals surface area contributed by atoms with Gasteiger partial charge in [0.15, 0.2) is 0 Å². The summed E-state index contributed by atoms with van der Waals surface area (Å²) in [5.74, 6) is -0.543. The average molecular weight is 290 g/mol. The highest BCUT2D eigenvalue weighted by Gasteiger charge is 2.42. The summed E-state index contributed by atoms with van der Waals surface area (Å²) in [6.07, 6.45) is 0. The first-order chi connectivity index (χ1) is 7.56. The van der Waals surface area contributed by atoms with Gasteiger partial charge < -0.3 is 15.6 Å². The van der Waals surface area contributed by atoms with Gasteiger partial charge in [-0.15, -0.1) is 0 Å². The van der Waals surface area contributed by atoms with Crippen molar-refractivity contribution in [3.63, 3.8) is 0 Å². The van der Waals surface area contributed by atoms with E-state index in [0.717, 1.165) is 0 Å². The van der Waals surface area contributed by atoms with Crippen LogP contribution >= 0.6 is 15.9 Å². The Hall–Kier alpha value is -0.490. The first-order valence-corrected chi connectivity index (χ1v) is 5.79. The summed E-state index contributed by atoms with van der Waals surface area (Å²) in [4.78, 5) is 0. The predicted molar refractivity (Wildman–Crippen MR) is 61.4 cm³/mol. The zero-order valence-corrected chi connectivity index (χ0v) is 10.2. The average Bonchev–Trinajstić information content (AvgIpc) is 2.59. The van der Waals surface area contributed by atoms with E-state index in [1.807, 2.05) is 0 Å². The molecule has 1 aromatic carbocycles.